The Hall–Kier alpha value is -3.31. The van der Waals surface area contributed by atoms with Gasteiger partial charge in [0, 0.05) is 26.2 Å². The van der Waals surface area contributed by atoms with Gasteiger partial charge in [-0.05, 0) is 62.6 Å². The highest BCUT2D eigenvalue weighted by Crippen LogP contribution is 2.39. The van der Waals surface area contributed by atoms with E-state index >= 15 is 0 Å². The van der Waals surface area contributed by atoms with Gasteiger partial charge in [-0.25, -0.2) is 4.79 Å². The number of rotatable bonds is 4. The van der Waals surface area contributed by atoms with Crippen molar-refractivity contribution in [3.63, 3.8) is 0 Å². The summed E-state index contributed by atoms with van der Waals surface area (Å²) in [5.74, 6) is -0.569. The van der Waals surface area contributed by atoms with Gasteiger partial charge in [0.1, 0.15) is 0 Å². The molecule has 0 fully saturated rings. The molecule has 2 heterocycles. The third kappa shape index (κ3) is 6.27. The molecule has 1 unspecified atom stereocenters. The van der Waals surface area contributed by atoms with E-state index in [4.69, 9.17) is 4.74 Å². The number of carbonyl (C=O) groups is 2. The normalized spacial score (nSPS) is 16.4. The molecular weight excluding hydrogens is 492 g/mol. The lowest BCUT2D eigenvalue weighted by atomic mass is 10.0. The lowest BCUT2D eigenvalue weighted by Gasteiger charge is -2.31. The fourth-order valence-electron chi connectivity index (χ4n) is 4.10. The average molecular weight is 517 g/mol. The van der Waals surface area contributed by atoms with Gasteiger partial charge in [-0.2, -0.15) is 26.3 Å². The first-order valence-corrected chi connectivity index (χ1v) is 11.2. The number of fused-ring (bicyclic) bond motifs is 1. The van der Waals surface area contributed by atoms with Crippen molar-refractivity contribution in [1.82, 2.24) is 9.88 Å². The summed E-state index contributed by atoms with van der Waals surface area (Å²) in [6.07, 6.45) is -8.94. The molecule has 1 aromatic carbocycles. The summed E-state index contributed by atoms with van der Waals surface area (Å²) >= 11 is 0. The molecule has 0 bridgehead atoms. The van der Waals surface area contributed by atoms with Gasteiger partial charge in [-0.15, -0.1) is 0 Å². The maximum absolute atomic E-state index is 13.3. The number of carbonyl (C=O) groups excluding carboxylic acids is 2. The molecule has 6 nitrogen and oxygen atoms in total. The molecule has 0 N–H and O–H groups in total. The molecule has 36 heavy (non-hydrogen) atoms. The van der Waals surface area contributed by atoms with E-state index < -0.39 is 54.2 Å². The topological polar surface area (TPSA) is 62.7 Å². The predicted molar refractivity (Wildman–Crippen MR) is 118 cm³/mol. The number of anilines is 1. The van der Waals surface area contributed by atoms with Crippen LogP contribution in [0.5, 0.6) is 0 Å². The lowest BCUT2D eigenvalue weighted by molar-refractivity contribution is -0.143. The van der Waals surface area contributed by atoms with Gasteiger partial charge < -0.3 is 9.64 Å². The van der Waals surface area contributed by atoms with Crippen LogP contribution >= 0.6 is 0 Å². The average Bonchev–Trinajstić information content (AvgIpc) is 2.95. The van der Waals surface area contributed by atoms with Crippen LogP contribution in [0.15, 0.2) is 36.5 Å². The van der Waals surface area contributed by atoms with Crippen LogP contribution in [0.1, 0.15) is 62.0 Å². The Bertz CT molecular complexity index is 1080. The molecule has 1 aliphatic rings. The summed E-state index contributed by atoms with van der Waals surface area (Å²) in [5, 5.41) is 0. The SMILES string of the molecule is CC(=O)N(Cc1cc(C(F)(F)F)cc(C(F)(F)F)c1)C1CCCN(C(=O)OC(C)C)c2cccnc21. The number of hydrogen-bond donors (Lipinski definition) is 0. The van der Waals surface area contributed by atoms with E-state index in [1.54, 1.807) is 26.0 Å². The minimum atomic E-state index is -5.01. The van der Waals surface area contributed by atoms with Gasteiger partial charge in [-0.1, -0.05) is 0 Å². The maximum atomic E-state index is 13.3. The summed E-state index contributed by atoms with van der Waals surface area (Å²) in [4.78, 5) is 32.2. The fourth-order valence-corrected chi connectivity index (χ4v) is 4.10. The summed E-state index contributed by atoms with van der Waals surface area (Å²) in [5.41, 5.74) is -2.59. The van der Waals surface area contributed by atoms with Gasteiger partial charge in [0.2, 0.25) is 5.91 Å². The van der Waals surface area contributed by atoms with Gasteiger partial charge in [0.25, 0.3) is 0 Å². The van der Waals surface area contributed by atoms with E-state index in [-0.39, 0.29) is 24.6 Å². The molecule has 3 rings (SSSR count). The number of hydrogen-bond acceptors (Lipinski definition) is 4. The highest BCUT2D eigenvalue weighted by Gasteiger charge is 2.38. The first-order valence-electron chi connectivity index (χ1n) is 11.2. The zero-order valence-corrected chi connectivity index (χ0v) is 19.8. The third-order valence-electron chi connectivity index (χ3n) is 5.62. The number of amides is 2. The molecule has 196 valence electrons. The number of ether oxygens (including phenoxy) is 1. The Kier molecular flexibility index (Phi) is 7.85. The van der Waals surface area contributed by atoms with Crippen LogP contribution in [0.4, 0.5) is 36.8 Å². The third-order valence-corrected chi connectivity index (χ3v) is 5.62. The van der Waals surface area contributed by atoms with Gasteiger partial charge in [-0.3, -0.25) is 14.7 Å². The summed E-state index contributed by atoms with van der Waals surface area (Å²) < 4.78 is 85.3. The minimum absolute atomic E-state index is 0.0440. The highest BCUT2D eigenvalue weighted by molar-refractivity contribution is 5.89. The molecule has 0 radical (unpaired) electrons. The molecule has 0 saturated carbocycles. The fraction of sp³-hybridized carbons (Fsp3) is 0.458. The van der Waals surface area contributed by atoms with Crippen molar-refractivity contribution in [2.24, 2.45) is 0 Å². The van der Waals surface area contributed by atoms with Gasteiger partial charge >= 0.3 is 18.4 Å². The van der Waals surface area contributed by atoms with Crippen molar-refractivity contribution in [3.8, 4) is 0 Å². The number of benzene rings is 1. The van der Waals surface area contributed by atoms with Crippen molar-refractivity contribution < 1.29 is 40.7 Å². The Morgan fingerprint density at radius 1 is 1.11 bits per heavy atom. The number of pyridine rings is 1. The molecular formula is C24H25F6N3O3. The predicted octanol–water partition coefficient (Wildman–Crippen LogP) is 6.35. The van der Waals surface area contributed by atoms with Crippen LogP contribution in [-0.2, 0) is 28.4 Å². The van der Waals surface area contributed by atoms with Crippen LogP contribution in [-0.4, -0.2) is 34.5 Å². The molecule has 0 saturated heterocycles. The quantitative estimate of drug-likeness (QED) is 0.443. The summed E-state index contributed by atoms with van der Waals surface area (Å²) in [7, 11) is 0. The van der Waals surface area contributed by atoms with Crippen LogP contribution in [0.3, 0.4) is 0 Å². The van der Waals surface area contributed by atoms with Crippen LogP contribution < -0.4 is 4.90 Å². The monoisotopic (exact) mass is 517 g/mol. The molecule has 0 aliphatic carbocycles. The second-order valence-corrected chi connectivity index (χ2v) is 8.71. The Labute approximate surface area is 203 Å². The zero-order valence-electron chi connectivity index (χ0n) is 19.8. The smallest absolute Gasteiger partial charge is 0.416 e. The Morgan fingerprint density at radius 2 is 1.72 bits per heavy atom. The number of halogens is 6. The zero-order chi connectivity index (χ0) is 26.8. The Morgan fingerprint density at radius 3 is 2.25 bits per heavy atom. The standard InChI is InChI=1S/C24H25F6N3O3/c1-14(2)36-22(35)32-9-5-7-20(21-19(32)6-4-8-31-21)33(15(3)34)13-16-10-17(23(25,26)27)12-18(11-16)24(28,29)30/h4,6,8,10-12,14,20H,5,7,9,13H2,1-3H3. The maximum Gasteiger partial charge on any atom is 0.416 e. The van der Waals surface area contributed by atoms with Crippen molar-refractivity contribution in [2.45, 2.75) is 64.7 Å². The second kappa shape index (κ2) is 10.4. The van der Waals surface area contributed by atoms with Crippen LogP contribution in [0.25, 0.3) is 0 Å². The highest BCUT2D eigenvalue weighted by atomic mass is 19.4. The number of nitrogens with zero attached hydrogens (tertiary/aromatic N) is 3. The van der Waals surface area contributed by atoms with Crippen molar-refractivity contribution in [1.29, 1.82) is 0 Å². The number of aromatic nitrogens is 1. The van der Waals surface area contributed by atoms with Gasteiger partial charge in [0.05, 0.1) is 34.7 Å². The summed E-state index contributed by atoms with van der Waals surface area (Å²) in [6, 6.07) is 3.65. The molecule has 2 aromatic rings. The first kappa shape index (κ1) is 27.3. The first-order chi connectivity index (χ1) is 16.7. The molecule has 1 aromatic heterocycles. The van der Waals surface area contributed by atoms with Crippen molar-refractivity contribution in [2.75, 3.05) is 11.4 Å². The number of alkyl halides is 6. The molecule has 12 heteroatoms. The van der Waals surface area contributed by atoms with E-state index in [2.05, 4.69) is 4.98 Å². The molecule has 0 spiro atoms. The lowest BCUT2D eigenvalue weighted by Crippen LogP contribution is -2.35. The minimum Gasteiger partial charge on any atom is -0.446 e. The van der Waals surface area contributed by atoms with Crippen molar-refractivity contribution >= 4 is 17.7 Å². The molecule has 2 amide bonds. The second-order valence-electron chi connectivity index (χ2n) is 8.71. The van der Waals surface area contributed by atoms with E-state index in [1.165, 1.54) is 22.9 Å². The largest absolute Gasteiger partial charge is 0.446 e. The van der Waals surface area contributed by atoms with Gasteiger partial charge in [0.15, 0.2) is 0 Å². The van der Waals surface area contributed by atoms with Crippen LogP contribution in [0.2, 0.25) is 0 Å². The van der Waals surface area contributed by atoms with E-state index in [0.29, 0.717) is 29.9 Å². The van der Waals surface area contributed by atoms with E-state index in [0.717, 1.165) is 0 Å². The summed E-state index contributed by atoms with van der Waals surface area (Å²) in [6.45, 7) is 4.26. The Balaban J connectivity index is 2.04. The molecule has 1 atom stereocenters. The van der Waals surface area contributed by atoms with Crippen molar-refractivity contribution in [3.05, 3.63) is 58.9 Å². The van der Waals surface area contributed by atoms with Crippen LogP contribution in [0, 0.1) is 0 Å². The van der Waals surface area contributed by atoms with E-state index in [9.17, 15) is 35.9 Å². The molecule has 1 aliphatic heterocycles. The van der Waals surface area contributed by atoms with E-state index in [1.807, 2.05) is 0 Å².